The van der Waals surface area contributed by atoms with Gasteiger partial charge in [-0.15, -0.1) is 0 Å². The van der Waals surface area contributed by atoms with E-state index in [2.05, 4.69) is 9.36 Å². The summed E-state index contributed by atoms with van der Waals surface area (Å²) in [6.45, 7) is 1.75. The zero-order chi connectivity index (χ0) is 5.28. The quantitative estimate of drug-likeness (QED) is 0.535. The molecule has 0 bridgehead atoms. The predicted molar refractivity (Wildman–Crippen MR) is 29.6 cm³/mol. The van der Waals surface area contributed by atoms with Gasteiger partial charge in [0.05, 0.1) is 0 Å². The predicted octanol–water partition coefficient (Wildman–Crippen LogP) is 0.386. The van der Waals surface area contributed by atoms with Crippen molar-refractivity contribution >= 4 is 11.5 Å². The monoisotopic (exact) mass is 118 g/mol. The van der Waals surface area contributed by atoms with Gasteiger partial charge < -0.3 is 0 Å². The Kier molecular flexibility index (Phi) is 0.941. The topological polar surface area (TPSA) is 45.8 Å². The van der Waals surface area contributed by atoms with Crippen molar-refractivity contribution in [3.63, 3.8) is 0 Å². The number of aromatic nitrogens is 2. The van der Waals surface area contributed by atoms with Crippen LogP contribution in [0.25, 0.3) is 0 Å². The van der Waals surface area contributed by atoms with Gasteiger partial charge in [0.1, 0.15) is 5.82 Å². The molecule has 0 radical (unpaired) electrons. The van der Waals surface area contributed by atoms with Crippen LogP contribution in [-0.4, -0.2) is 9.36 Å². The molecule has 3 nitrogen and oxygen atoms in total. The number of hydrogen-bond donors (Lipinski definition) is 1. The number of hydrogen-bond acceptors (Lipinski definition) is 3. The minimum absolute atomic E-state index is 0. The third-order valence-corrected chi connectivity index (χ3v) is 1.18. The molecule has 1 heterocycles. The molecule has 0 aromatic carbocycles. The maximum atomic E-state index is 10.2. The van der Waals surface area contributed by atoms with Crippen LogP contribution in [0.4, 0.5) is 0 Å². The SMILES string of the molecule is Cc1nsc(=O)[nH]1.[HH]. The van der Waals surface area contributed by atoms with E-state index in [0.717, 1.165) is 11.5 Å². The fourth-order valence-electron chi connectivity index (χ4n) is 0.303. The summed E-state index contributed by atoms with van der Waals surface area (Å²) in [5.74, 6) is 0.690. The molecule has 1 N–H and O–H groups in total. The fraction of sp³-hybridized carbons (Fsp3) is 0.333. The first-order chi connectivity index (χ1) is 3.29. The van der Waals surface area contributed by atoms with Crippen LogP contribution in [0.2, 0.25) is 0 Å². The van der Waals surface area contributed by atoms with Crippen molar-refractivity contribution in [2.75, 3.05) is 0 Å². The lowest BCUT2D eigenvalue weighted by Gasteiger charge is -1.65. The van der Waals surface area contributed by atoms with Crippen molar-refractivity contribution in [3.8, 4) is 0 Å². The summed E-state index contributed by atoms with van der Waals surface area (Å²) in [7, 11) is 0. The van der Waals surface area contributed by atoms with E-state index in [4.69, 9.17) is 0 Å². The second-order valence-electron chi connectivity index (χ2n) is 1.18. The highest BCUT2D eigenvalue weighted by atomic mass is 32.1. The van der Waals surface area contributed by atoms with E-state index in [9.17, 15) is 4.79 Å². The standard InChI is InChI=1S/C3H4N2OS.H2/c1-2-4-3(6)7-5-2;/h1H3,(H,4,5,6);1H. The Morgan fingerprint density at radius 3 is 2.86 bits per heavy atom. The Morgan fingerprint density at radius 1 is 2.00 bits per heavy atom. The first-order valence-corrected chi connectivity index (χ1v) is 2.59. The Labute approximate surface area is 45.7 Å². The maximum Gasteiger partial charge on any atom is 0.323 e. The highest BCUT2D eigenvalue weighted by molar-refractivity contribution is 7.02. The van der Waals surface area contributed by atoms with Gasteiger partial charge in [-0.05, 0) is 6.92 Å². The van der Waals surface area contributed by atoms with Crippen molar-refractivity contribution in [3.05, 3.63) is 15.5 Å². The van der Waals surface area contributed by atoms with Crippen LogP contribution in [0.15, 0.2) is 4.79 Å². The zero-order valence-electron chi connectivity index (χ0n) is 3.76. The molecule has 0 aliphatic heterocycles. The molecule has 1 aromatic rings. The number of nitrogens with zero attached hydrogens (tertiary/aromatic N) is 1. The summed E-state index contributed by atoms with van der Waals surface area (Å²) >= 11 is 0.943. The van der Waals surface area contributed by atoms with Gasteiger partial charge in [0.15, 0.2) is 0 Å². The van der Waals surface area contributed by atoms with E-state index >= 15 is 0 Å². The second kappa shape index (κ2) is 1.46. The molecule has 0 amide bonds. The molecular formula is C3H6N2OS. The molecule has 1 rings (SSSR count). The average Bonchev–Trinajstić information content (AvgIpc) is 1.87. The molecule has 0 unspecified atom stereocenters. The molecule has 7 heavy (non-hydrogen) atoms. The molecular weight excluding hydrogens is 112 g/mol. The first kappa shape index (κ1) is 4.52. The van der Waals surface area contributed by atoms with E-state index in [1.54, 1.807) is 6.92 Å². The van der Waals surface area contributed by atoms with Crippen molar-refractivity contribution in [1.82, 2.24) is 9.36 Å². The van der Waals surface area contributed by atoms with Crippen LogP contribution in [0.1, 0.15) is 7.25 Å². The number of H-pyrrole nitrogens is 1. The van der Waals surface area contributed by atoms with Crippen LogP contribution < -0.4 is 4.87 Å². The van der Waals surface area contributed by atoms with Gasteiger partial charge in [0.2, 0.25) is 0 Å². The van der Waals surface area contributed by atoms with Crippen LogP contribution in [0.5, 0.6) is 0 Å². The summed E-state index contributed by atoms with van der Waals surface area (Å²) in [5.41, 5.74) is 0. The lowest BCUT2D eigenvalue weighted by molar-refractivity contribution is 1.14. The summed E-state index contributed by atoms with van der Waals surface area (Å²) < 4.78 is 3.69. The summed E-state index contributed by atoms with van der Waals surface area (Å²) in [6.07, 6.45) is 0. The Bertz CT molecular complexity index is 205. The van der Waals surface area contributed by atoms with Gasteiger partial charge >= 0.3 is 4.87 Å². The first-order valence-electron chi connectivity index (χ1n) is 1.81. The summed E-state index contributed by atoms with van der Waals surface area (Å²) in [4.78, 5) is 12.6. The van der Waals surface area contributed by atoms with E-state index in [-0.39, 0.29) is 6.30 Å². The van der Waals surface area contributed by atoms with Crippen molar-refractivity contribution < 1.29 is 1.43 Å². The van der Waals surface area contributed by atoms with Crippen LogP contribution in [-0.2, 0) is 0 Å². The Hall–Kier alpha value is -0.640. The van der Waals surface area contributed by atoms with Crippen LogP contribution >= 0.6 is 11.5 Å². The third kappa shape index (κ3) is 0.866. The summed E-state index contributed by atoms with van der Waals surface area (Å²) in [5, 5.41) is 0. The van der Waals surface area contributed by atoms with Gasteiger partial charge in [-0.2, -0.15) is 4.37 Å². The Morgan fingerprint density at radius 2 is 2.71 bits per heavy atom. The van der Waals surface area contributed by atoms with Crippen LogP contribution in [0.3, 0.4) is 0 Å². The van der Waals surface area contributed by atoms with Gasteiger partial charge in [0.25, 0.3) is 0 Å². The average molecular weight is 118 g/mol. The number of aromatic amines is 1. The van der Waals surface area contributed by atoms with Gasteiger partial charge in [0, 0.05) is 13.0 Å². The molecule has 0 fully saturated rings. The van der Waals surface area contributed by atoms with Gasteiger partial charge in [-0.1, -0.05) is 0 Å². The molecule has 0 saturated carbocycles. The van der Waals surface area contributed by atoms with Crippen molar-refractivity contribution in [2.45, 2.75) is 6.92 Å². The van der Waals surface area contributed by atoms with Crippen LogP contribution in [0, 0.1) is 6.92 Å². The molecule has 1 aromatic heterocycles. The van der Waals surface area contributed by atoms with E-state index in [1.807, 2.05) is 0 Å². The molecule has 40 valence electrons. The van der Waals surface area contributed by atoms with E-state index in [0.29, 0.717) is 5.82 Å². The largest absolute Gasteiger partial charge is 0.323 e. The van der Waals surface area contributed by atoms with Gasteiger partial charge in [-0.25, -0.2) is 0 Å². The summed E-state index contributed by atoms with van der Waals surface area (Å²) in [6, 6.07) is 0. The molecule has 0 aliphatic carbocycles. The zero-order valence-corrected chi connectivity index (χ0v) is 4.58. The molecule has 0 atom stereocenters. The molecule has 4 heteroatoms. The highest BCUT2D eigenvalue weighted by Crippen LogP contribution is 1.79. The normalized spacial score (nSPS) is 9.29. The lowest BCUT2D eigenvalue weighted by atomic mass is 10.8. The fourth-order valence-corrected chi connectivity index (χ4v) is 0.762. The molecule has 0 spiro atoms. The number of aryl methyl sites for hydroxylation is 1. The maximum absolute atomic E-state index is 10.2. The smallest absolute Gasteiger partial charge is 0.300 e. The minimum atomic E-state index is -0.0856. The number of rotatable bonds is 0. The van der Waals surface area contributed by atoms with E-state index in [1.165, 1.54) is 0 Å². The van der Waals surface area contributed by atoms with E-state index < -0.39 is 0 Å². The molecule has 0 aliphatic rings. The minimum Gasteiger partial charge on any atom is -0.300 e. The second-order valence-corrected chi connectivity index (χ2v) is 1.92. The number of nitrogens with one attached hydrogen (secondary N) is 1. The van der Waals surface area contributed by atoms with Gasteiger partial charge in [-0.3, -0.25) is 9.78 Å². The highest BCUT2D eigenvalue weighted by Gasteiger charge is 1.85. The molecule has 0 saturated heterocycles. The lowest BCUT2D eigenvalue weighted by Crippen LogP contribution is -1.90. The third-order valence-electron chi connectivity index (χ3n) is 0.548. The van der Waals surface area contributed by atoms with Crippen molar-refractivity contribution in [1.29, 1.82) is 0 Å². The van der Waals surface area contributed by atoms with Crippen molar-refractivity contribution in [2.24, 2.45) is 0 Å². The Balaban J connectivity index is 0.000000490.